The zero-order valence-electron chi connectivity index (χ0n) is 11.9. The van der Waals surface area contributed by atoms with Gasteiger partial charge in [0.05, 0.1) is 6.10 Å². The molecule has 0 radical (unpaired) electrons. The third-order valence-electron chi connectivity index (χ3n) is 3.06. The summed E-state index contributed by atoms with van der Waals surface area (Å²) in [5, 5.41) is 10.3. The van der Waals surface area contributed by atoms with Gasteiger partial charge in [-0.15, -0.1) is 0 Å². The highest BCUT2D eigenvalue weighted by Gasteiger charge is 2.16. The number of anilines is 1. The molecule has 1 unspecified atom stereocenters. The van der Waals surface area contributed by atoms with E-state index in [1.54, 1.807) is 0 Å². The Hall–Kier alpha value is -1.06. The highest BCUT2D eigenvalue weighted by atomic mass is 16.3. The van der Waals surface area contributed by atoms with E-state index in [9.17, 15) is 5.11 Å². The lowest BCUT2D eigenvalue weighted by Gasteiger charge is -2.30. The smallest absolute Gasteiger partial charge is 0.0917 e. The zero-order valence-corrected chi connectivity index (χ0v) is 11.9. The maximum Gasteiger partial charge on any atom is 0.0917 e. The van der Waals surface area contributed by atoms with Crippen molar-refractivity contribution in [2.75, 3.05) is 18.8 Å². The van der Waals surface area contributed by atoms with Crippen LogP contribution in [-0.4, -0.2) is 29.1 Å². The van der Waals surface area contributed by atoms with Crippen molar-refractivity contribution in [3.8, 4) is 0 Å². The van der Waals surface area contributed by atoms with E-state index in [2.05, 4.69) is 32.6 Å². The molecule has 3 nitrogen and oxygen atoms in total. The van der Waals surface area contributed by atoms with Crippen LogP contribution in [0.3, 0.4) is 0 Å². The molecule has 3 N–H and O–H groups in total. The molecule has 1 atom stereocenters. The Morgan fingerprint density at radius 1 is 1.06 bits per heavy atom. The molecule has 1 rings (SSSR count). The fraction of sp³-hybridized carbons (Fsp3) is 0.600. The molecule has 0 bridgehead atoms. The van der Waals surface area contributed by atoms with Crippen molar-refractivity contribution < 1.29 is 5.11 Å². The molecule has 0 heterocycles. The van der Waals surface area contributed by atoms with Crippen LogP contribution in [0.1, 0.15) is 39.4 Å². The van der Waals surface area contributed by atoms with E-state index in [1.807, 2.05) is 24.3 Å². The van der Waals surface area contributed by atoms with Crippen molar-refractivity contribution >= 4 is 5.69 Å². The zero-order chi connectivity index (χ0) is 13.7. The number of hydrogen-bond acceptors (Lipinski definition) is 3. The summed E-state index contributed by atoms with van der Waals surface area (Å²) >= 11 is 0. The van der Waals surface area contributed by atoms with E-state index in [0.717, 1.165) is 17.8 Å². The molecule has 0 aliphatic rings. The number of hydrogen-bond donors (Lipinski definition) is 2. The van der Waals surface area contributed by atoms with Crippen molar-refractivity contribution in [2.24, 2.45) is 5.92 Å². The van der Waals surface area contributed by atoms with Crippen molar-refractivity contribution in [2.45, 2.75) is 39.8 Å². The molecule has 0 saturated carbocycles. The molecular formula is C15H26N2O. The molecule has 0 amide bonds. The molecule has 1 aromatic rings. The Morgan fingerprint density at radius 2 is 1.61 bits per heavy atom. The van der Waals surface area contributed by atoms with Crippen molar-refractivity contribution in [1.82, 2.24) is 4.90 Å². The Bertz CT molecular complexity index is 346. The van der Waals surface area contributed by atoms with Crippen molar-refractivity contribution in [1.29, 1.82) is 0 Å². The first kappa shape index (κ1) is 15.0. The second-order valence-corrected chi connectivity index (χ2v) is 5.62. The number of nitrogens with zero attached hydrogens (tertiary/aromatic N) is 1. The maximum absolute atomic E-state index is 10.3. The number of nitrogens with two attached hydrogens (primary N) is 1. The van der Waals surface area contributed by atoms with Gasteiger partial charge in [-0.3, -0.25) is 4.90 Å². The summed E-state index contributed by atoms with van der Waals surface area (Å²) in [6.07, 6.45) is -0.452. The molecule has 18 heavy (non-hydrogen) atoms. The molecule has 0 aromatic heterocycles. The molecule has 0 fully saturated rings. The lowest BCUT2D eigenvalue weighted by atomic mass is 10.1. The van der Waals surface area contributed by atoms with E-state index in [4.69, 9.17) is 5.73 Å². The summed E-state index contributed by atoms with van der Waals surface area (Å²) in [6, 6.07) is 7.90. The first-order chi connectivity index (χ1) is 8.40. The van der Waals surface area contributed by atoms with Crippen LogP contribution in [0, 0.1) is 5.92 Å². The molecule has 102 valence electrons. The molecule has 1 aromatic carbocycles. The Morgan fingerprint density at radius 3 is 2.06 bits per heavy atom. The van der Waals surface area contributed by atoms with E-state index in [-0.39, 0.29) is 0 Å². The van der Waals surface area contributed by atoms with Crippen LogP contribution in [0.2, 0.25) is 0 Å². The number of aliphatic hydroxyl groups excluding tert-OH is 1. The third-order valence-corrected chi connectivity index (χ3v) is 3.06. The lowest BCUT2D eigenvalue weighted by Crippen LogP contribution is -2.37. The predicted octanol–water partition coefficient (Wildman–Crippen LogP) is 2.67. The van der Waals surface area contributed by atoms with Crippen molar-refractivity contribution in [3.63, 3.8) is 0 Å². The Balaban J connectivity index is 2.65. The summed E-state index contributed by atoms with van der Waals surface area (Å²) in [5.74, 6) is 0.603. The van der Waals surface area contributed by atoms with Gasteiger partial charge < -0.3 is 10.8 Å². The summed E-state index contributed by atoms with van der Waals surface area (Å²) in [7, 11) is 0. The van der Waals surface area contributed by atoms with Gasteiger partial charge in [0.25, 0.3) is 0 Å². The molecule has 0 aliphatic carbocycles. The number of rotatable bonds is 6. The minimum Gasteiger partial charge on any atom is -0.399 e. The maximum atomic E-state index is 10.3. The van der Waals surface area contributed by atoms with Gasteiger partial charge in [0, 0.05) is 24.8 Å². The van der Waals surface area contributed by atoms with Crippen LogP contribution in [0.25, 0.3) is 0 Å². The van der Waals surface area contributed by atoms with Crippen LogP contribution in [-0.2, 0) is 0 Å². The molecule has 0 saturated heterocycles. The SMILES string of the molecule is CC(C)CN(CC(O)c1ccc(N)cc1)C(C)C. The second kappa shape index (κ2) is 6.76. The van der Waals surface area contributed by atoms with Gasteiger partial charge in [0.2, 0.25) is 0 Å². The van der Waals surface area contributed by atoms with E-state index < -0.39 is 6.10 Å². The summed E-state index contributed by atoms with van der Waals surface area (Å²) < 4.78 is 0. The Labute approximate surface area is 111 Å². The lowest BCUT2D eigenvalue weighted by molar-refractivity contribution is 0.0877. The normalized spacial score (nSPS) is 13.6. The molecule has 0 aliphatic heterocycles. The third kappa shape index (κ3) is 4.67. The topological polar surface area (TPSA) is 49.5 Å². The first-order valence-electron chi connectivity index (χ1n) is 6.67. The average molecular weight is 250 g/mol. The minimum atomic E-state index is -0.452. The predicted molar refractivity (Wildman–Crippen MR) is 77.4 cm³/mol. The molecule has 3 heteroatoms. The van der Waals surface area contributed by atoms with Crippen LogP contribution in [0.15, 0.2) is 24.3 Å². The largest absolute Gasteiger partial charge is 0.399 e. The highest BCUT2D eigenvalue weighted by Crippen LogP contribution is 2.17. The van der Waals surface area contributed by atoms with Gasteiger partial charge in [0.1, 0.15) is 0 Å². The fourth-order valence-corrected chi connectivity index (χ4v) is 2.01. The van der Waals surface area contributed by atoms with Crippen molar-refractivity contribution in [3.05, 3.63) is 29.8 Å². The van der Waals surface area contributed by atoms with Gasteiger partial charge in [-0.2, -0.15) is 0 Å². The average Bonchev–Trinajstić information content (AvgIpc) is 2.28. The van der Waals surface area contributed by atoms with Gasteiger partial charge in [-0.05, 0) is 37.5 Å². The van der Waals surface area contributed by atoms with Gasteiger partial charge in [-0.25, -0.2) is 0 Å². The summed E-state index contributed by atoms with van der Waals surface area (Å²) in [5.41, 5.74) is 7.31. The van der Waals surface area contributed by atoms with Gasteiger partial charge >= 0.3 is 0 Å². The fourth-order valence-electron chi connectivity index (χ4n) is 2.01. The van der Waals surface area contributed by atoms with E-state index in [0.29, 0.717) is 18.5 Å². The van der Waals surface area contributed by atoms with Crippen LogP contribution in [0.4, 0.5) is 5.69 Å². The Kier molecular flexibility index (Phi) is 5.63. The van der Waals surface area contributed by atoms with Crippen LogP contribution < -0.4 is 5.73 Å². The number of nitrogen functional groups attached to an aromatic ring is 1. The minimum absolute atomic E-state index is 0.441. The van der Waals surface area contributed by atoms with Crippen LogP contribution >= 0.6 is 0 Å². The van der Waals surface area contributed by atoms with Gasteiger partial charge in [-0.1, -0.05) is 26.0 Å². The second-order valence-electron chi connectivity index (χ2n) is 5.62. The van der Waals surface area contributed by atoms with E-state index in [1.165, 1.54) is 0 Å². The van der Waals surface area contributed by atoms with Gasteiger partial charge in [0.15, 0.2) is 0 Å². The quantitative estimate of drug-likeness (QED) is 0.763. The number of aliphatic hydroxyl groups is 1. The highest BCUT2D eigenvalue weighted by molar-refractivity contribution is 5.39. The molecule has 0 spiro atoms. The monoisotopic (exact) mass is 250 g/mol. The summed E-state index contributed by atoms with van der Waals surface area (Å²) in [4.78, 5) is 2.31. The summed E-state index contributed by atoms with van der Waals surface area (Å²) in [6.45, 7) is 10.4. The first-order valence-corrected chi connectivity index (χ1v) is 6.67. The van der Waals surface area contributed by atoms with Crippen LogP contribution in [0.5, 0.6) is 0 Å². The number of benzene rings is 1. The molecular weight excluding hydrogens is 224 g/mol. The standard InChI is InChI=1S/C15H26N2O/c1-11(2)9-17(12(3)4)10-15(18)13-5-7-14(16)8-6-13/h5-8,11-12,15,18H,9-10,16H2,1-4H3. The van der Waals surface area contributed by atoms with E-state index >= 15 is 0 Å².